The van der Waals surface area contributed by atoms with Crippen LogP contribution in [0.2, 0.25) is 5.02 Å². The van der Waals surface area contributed by atoms with Crippen LogP contribution in [-0.2, 0) is 15.3 Å². The lowest BCUT2D eigenvalue weighted by atomic mass is 9.94. The van der Waals surface area contributed by atoms with Gasteiger partial charge >= 0.3 is 6.03 Å². The minimum absolute atomic E-state index is 0.0590. The summed E-state index contributed by atoms with van der Waals surface area (Å²) < 4.78 is 28.6. The smallest absolute Gasteiger partial charge is 0.324 e. The number of amides is 3. The molecule has 0 radical (unpaired) electrons. The number of carbonyl (C=O) groups excluding carboxylic acids is 2. The molecule has 2 aromatic rings. The fourth-order valence-electron chi connectivity index (χ4n) is 3.11. The van der Waals surface area contributed by atoms with Crippen molar-refractivity contribution >= 4 is 55.4 Å². The standard InChI is InChI=1S/C21H26ClN3O5S2/c1-21(2,3)17-12-14(19(26)25-7-9-32(28,29)10-8-25)18(31-17)24-20(27)23-13-5-6-16(30-4)15(22)11-13/h5-6,11-12H,7-10H2,1-4H3,(H2,23,24,27). The van der Waals surface area contributed by atoms with Crippen molar-refractivity contribution in [3.05, 3.63) is 39.7 Å². The van der Waals surface area contributed by atoms with Crippen molar-refractivity contribution in [2.75, 3.05) is 42.3 Å². The normalized spacial score (nSPS) is 15.8. The van der Waals surface area contributed by atoms with Gasteiger partial charge in [-0.15, -0.1) is 11.3 Å². The number of nitrogens with one attached hydrogen (secondary N) is 2. The number of halogens is 1. The molecule has 1 aromatic heterocycles. The van der Waals surface area contributed by atoms with E-state index >= 15 is 0 Å². The first-order chi connectivity index (χ1) is 14.9. The summed E-state index contributed by atoms with van der Waals surface area (Å²) in [6.07, 6.45) is 0. The summed E-state index contributed by atoms with van der Waals surface area (Å²) in [6.45, 7) is 6.33. The summed E-state index contributed by atoms with van der Waals surface area (Å²) in [7, 11) is -1.61. The van der Waals surface area contributed by atoms with Gasteiger partial charge in [-0.25, -0.2) is 13.2 Å². The highest BCUT2D eigenvalue weighted by molar-refractivity contribution is 7.91. The van der Waals surface area contributed by atoms with Crippen LogP contribution >= 0.6 is 22.9 Å². The van der Waals surface area contributed by atoms with Crippen LogP contribution < -0.4 is 15.4 Å². The lowest BCUT2D eigenvalue weighted by molar-refractivity contribution is 0.0771. The third kappa shape index (κ3) is 5.73. The highest BCUT2D eigenvalue weighted by Gasteiger charge is 2.30. The number of rotatable bonds is 4. The number of thiophene rings is 1. The fraction of sp³-hybridized carbons (Fsp3) is 0.429. The van der Waals surface area contributed by atoms with E-state index in [1.165, 1.54) is 23.3 Å². The maximum Gasteiger partial charge on any atom is 0.324 e. The Morgan fingerprint density at radius 3 is 2.34 bits per heavy atom. The Labute approximate surface area is 196 Å². The van der Waals surface area contributed by atoms with Crippen LogP contribution in [0.1, 0.15) is 36.0 Å². The maximum atomic E-state index is 13.2. The minimum Gasteiger partial charge on any atom is -0.495 e. The molecule has 0 atom stereocenters. The molecule has 0 saturated carbocycles. The number of sulfone groups is 1. The van der Waals surface area contributed by atoms with Gasteiger partial charge in [0.2, 0.25) is 0 Å². The van der Waals surface area contributed by atoms with E-state index < -0.39 is 15.9 Å². The van der Waals surface area contributed by atoms with Crippen LogP contribution in [0.5, 0.6) is 5.75 Å². The second kappa shape index (κ2) is 9.29. The van der Waals surface area contributed by atoms with Gasteiger partial charge < -0.3 is 15.0 Å². The molecule has 32 heavy (non-hydrogen) atoms. The molecule has 0 bridgehead atoms. The molecule has 1 fully saturated rings. The number of nitrogens with zero attached hydrogens (tertiary/aromatic N) is 1. The third-order valence-corrected chi connectivity index (χ3v) is 8.35. The summed E-state index contributed by atoms with van der Waals surface area (Å²) in [5.41, 5.74) is 0.586. The molecule has 0 unspecified atom stereocenters. The number of benzene rings is 1. The molecule has 1 aliphatic heterocycles. The summed E-state index contributed by atoms with van der Waals surface area (Å²) in [4.78, 5) is 28.3. The average molecular weight is 500 g/mol. The van der Waals surface area contributed by atoms with Crippen LogP contribution in [0, 0.1) is 0 Å². The van der Waals surface area contributed by atoms with Gasteiger partial charge in [-0.05, 0) is 29.7 Å². The number of methoxy groups -OCH3 is 1. The van der Waals surface area contributed by atoms with Gasteiger partial charge in [-0.3, -0.25) is 10.1 Å². The van der Waals surface area contributed by atoms with E-state index in [9.17, 15) is 18.0 Å². The summed E-state index contributed by atoms with van der Waals surface area (Å²) in [6, 6.07) is 6.11. The van der Waals surface area contributed by atoms with Gasteiger partial charge in [-0.1, -0.05) is 32.4 Å². The highest BCUT2D eigenvalue weighted by Crippen LogP contribution is 2.37. The quantitative estimate of drug-likeness (QED) is 0.655. The Bertz CT molecular complexity index is 1120. The van der Waals surface area contributed by atoms with Gasteiger partial charge in [0.05, 0.1) is 29.2 Å². The lowest BCUT2D eigenvalue weighted by Crippen LogP contribution is -2.43. The molecular weight excluding hydrogens is 474 g/mol. The van der Waals surface area contributed by atoms with Crippen molar-refractivity contribution in [3.63, 3.8) is 0 Å². The van der Waals surface area contributed by atoms with Crippen molar-refractivity contribution in [1.82, 2.24) is 4.90 Å². The van der Waals surface area contributed by atoms with E-state index in [0.29, 0.717) is 27.0 Å². The average Bonchev–Trinajstić information content (AvgIpc) is 3.11. The molecule has 1 aliphatic rings. The molecule has 2 N–H and O–H groups in total. The van der Waals surface area contributed by atoms with Gasteiger partial charge in [-0.2, -0.15) is 0 Å². The maximum absolute atomic E-state index is 13.2. The van der Waals surface area contributed by atoms with Crippen LogP contribution in [-0.4, -0.2) is 57.0 Å². The van der Waals surface area contributed by atoms with Crippen molar-refractivity contribution < 1.29 is 22.7 Å². The van der Waals surface area contributed by atoms with E-state index in [1.807, 2.05) is 20.8 Å². The van der Waals surface area contributed by atoms with Crippen LogP contribution in [0.25, 0.3) is 0 Å². The Kier molecular flexibility index (Phi) is 7.06. The van der Waals surface area contributed by atoms with Crippen molar-refractivity contribution in [1.29, 1.82) is 0 Å². The van der Waals surface area contributed by atoms with E-state index in [0.717, 1.165) is 4.88 Å². The Morgan fingerprint density at radius 1 is 1.12 bits per heavy atom. The Hall–Kier alpha value is -2.30. The van der Waals surface area contributed by atoms with Crippen LogP contribution in [0.3, 0.4) is 0 Å². The Morgan fingerprint density at radius 2 is 1.78 bits per heavy atom. The molecule has 174 valence electrons. The lowest BCUT2D eigenvalue weighted by Gasteiger charge is -2.26. The predicted molar refractivity (Wildman–Crippen MR) is 128 cm³/mol. The van der Waals surface area contributed by atoms with Gasteiger partial charge in [0.1, 0.15) is 10.8 Å². The second-order valence-electron chi connectivity index (χ2n) is 8.48. The zero-order valence-electron chi connectivity index (χ0n) is 18.3. The molecule has 8 nitrogen and oxygen atoms in total. The number of hydrogen-bond donors (Lipinski definition) is 2. The van der Waals surface area contributed by atoms with Crippen molar-refractivity contribution in [2.45, 2.75) is 26.2 Å². The number of hydrogen-bond acceptors (Lipinski definition) is 6. The second-order valence-corrected chi connectivity index (χ2v) is 12.2. The molecule has 3 amide bonds. The molecular formula is C21H26ClN3O5S2. The van der Waals surface area contributed by atoms with E-state index in [-0.39, 0.29) is 35.9 Å². The van der Waals surface area contributed by atoms with Crippen LogP contribution in [0.15, 0.2) is 24.3 Å². The monoisotopic (exact) mass is 499 g/mol. The van der Waals surface area contributed by atoms with Gasteiger partial charge in [0.25, 0.3) is 5.91 Å². The first-order valence-corrected chi connectivity index (χ1v) is 13.0. The first kappa shape index (κ1) is 24.3. The largest absolute Gasteiger partial charge is 0.495 e. The topological polar surface area (TPSA) is 105 Å². The highest BCUT2D eigenvalue weighted by atomic mass is 35.5. The zero-order valence-corrected chi connectivity index (χ0v) is 20.7. The van der Waals surface area contributed by atoms with Gasteiger partial charge in [0, 0.05) is 23.7 Å². The summed E-state index contributed by atoms with van der Waals surface area (Å²) in [5.74, 6) is 0.0732. The molecule has 0 aliphatic carbocycles. The number of urea groups is 1. The van der Waals surface area contributed by atoms with Crippen molar-refractivity contribution in [3.8, 4) is 5.75 Å². The first-order valence-electron chi connectivity index (χ1n) is 9.95. The minimum atomic E-state index is -3.11. The predicted octanol–water partition coefficient (Wildman–Crippen LogP) is 4.22. The van der Waals surface area contributed by atoms with Crippen LogP contribution in [0.4, 0.5) is 15.5 Å². The van der Waals surface area contributed by atoms with Gasteiger partial charge in [0.15, 0.2) is 9.84 Å². The number of ether oxygens (including phenoxy) is 1. The molecule has 2 heterocycles. The van der Waals surface area contributed by atoms with E-state index in [4.69, 9.17) is 16.3 Å². The van der Waals surface area contributed by atoms with E-state index in [2.05, 4.69) is 10.6 Å². The third-order valence-electron chi connectivity index (χ3n) is 4.97. The number of anilines is 2. The molecule has 11 heteroatoms. The molecule has 1 saturated heterocycles. The molecule has 1 aromatic carbocycles. The fourth-order valence-corrected chi connectivity index (χ4v) is 5.67. The SMILES string of the molecule is COc1ccc(NC(=O)Nc2sc(C(C)(C)C)cc2C(=O)N2CCS(=O)(=O)CC2)cc1Cl. The zero-order chi connectivity index (χ0) is 23.7. The Balaban J connectivity index is 1.82. The van der Waals surface area contributed by atoms with Crippen molar-refractivity contribution in [2.24, 2.45) is 0 Å². The van der Waals surface area contributed by atoms with E-state index in [1.54, 1.807) is 24.3 Å². The number of carbonyl (C=O) groups is 2. The summed E-state index contributed by atoms with van der Waals surface area (Å²) in [5, 5.41) is 6.23. The summed E-state index contributed by atoms with van der Waals surface area (Å²) >= 11 is 7.43. The molecule has 3 rings (SSSR count). The molecule has 0 spiro atoms.